The first-order valence-corrected chi connectivity index (χ1v) is 9.48. The van der Waals surface area contributed by atoms with Gasteiger partial charge in [0.05, 0.1) is 18.3 Å². The van der Waals surface area contributed by atoms with Crippen molar-refractivity contribution < 1.29 is 4.74 Å². The largest absolute Gasteiger partial charge is 0.496 e. The van der Waals surface area contributed by atoms with Crippen LogP contribution in [0.1, 0.15) is 37.5 Å². The van der Waals surface area contributed by atoms with Gasteiger partial charge in [0.25, 0.3) is 0 Å². The van der Waals surface area contributed by atoms with Gasteiger partial charge in [-0.05, 0) is 63.1 Å². The lowest BCUT2D eigenvalue weighted by Crippen LogP contribution is -2.42. The Morgan fingerprint density at radius 3 is 2.54 bits per heavy atom. The first kappa shape index (κ1) is 18.7. The number of allylic oxidation sites excluding steroid dienone is 1. The molecule has 0 bridgehead atoms. The molecular weight excluding hydrogens is 388 g/mol. The van der Waals surface area contributed by atoms with Crippen LogP contribution >= 0.6 is 15.9 Å². The number of likely N-dealkylation sites (N-methyl/N-ethyl adjacent to an activating group) is 1. The summed E-state index contributed by atoms with van der Waals surface area (Å²) in [5, 5.41) is 0. The van der Waals surface area contributed by atoms with Gasteiger partial charge in [-0.15, -0.1) is 0 Å². The number of benzene rings is 2. The van der Waals surface area contributed by atoms with Crippen LogP contribution in [0.15, 0.2) is 45.9 Å². The van der Waals surface area contributed by atoms with Crippen LogP contribution in [-0.2, 0) is 0 Å². The van der Waals surface area contributed by atoms with Crippen LogP contribution in [0.5, 0.6) is 5.75 Å². The summed E-state index contributed by atoms with van der Waals surface area (Å²) in [4.78, 5) is 6.94. The van der Waals surface area contributed by atoms with Crippen molar-refractivity contribution in [3.8, 4) is 5.75 Å². The number of rotatable bonds is 3. The van der Waals surface area contributed by atoms with E-state index in [1.165, 1.54) is 22.4 Å². The molecule has 0 aliphatic carbocycles. The summed E-state index contributed by atoms with van der Waals surface area (Å²) in [6.07, 6.45) is 4.19. The molecule has 0 saturated carbocycles. The molecule has 1 heterocycles. The second kappa shape index (κ2) is 6.92. The number of nitrogens with zero attached hydrogens (tertiary/aromatic N) is 2. The van der Waals surface area contributed by atoms with E-state index in [0.717, 1.165) is 21.5 Å². The first-order chi connectivity index (χ1) is 12.2. The Kier molecular flexibility index (Phi) is 4.98. The van der Waals surface area contributed by atoms with Crippen molar-refractivity contribution in [1.82, 2.24) is 0 Å². The number of aliphatic imine (C=N–C) groups is 1. The third-order valence-electron chi connectivity index (χ3n) is 5.06. The van der Waals surface area contributed by atoms with Gasteiger partial charge in [-0.3, -0.25) is 4.99 Å². The third kappa shape index (κ3) is 3.43. The smallest absolute Gasteiger partial charge is 0.129 e. The lowest BCUT2D eigenvalue weighted by Gasteiger charge is -2.40. The van der Waals surface area contributed by atoms with Crippen LogP contribution in [-0.4, -0.2) is 25.9 Å². The SMILES string of the molecule is COc1cc2c(cc1C=Nc1ccc(Br)c(C)c1)C(C)=CC(C)(C)N2C. The molecule has 2 aromatic carbocycles. The number of halogens is 1. The predicted molar refractivity (Wildman–Crippen MR) is 115 cm³/mol. The molecule has 0 amide bonds. The van der Waals surface area contributed by atoms with Gasteiger partial charge in [0, 0.05) is 40.6 Å². The Balaban J connectivity index is 2.05. The molecule has 1 aliphatic heterocycles. The second-order valence-corrected chi connectivity index (χ2v) is 8.20. The lowest BCUT2D eigenvalue weighted by molar-refractivity contribution is 0.414. The van der Waals surface area contributed by atoms with Crippen molar-refractivity contribution in [2.45, 2.75) is 33.2 Å². The minimum absolute atomic E-state index is 0.0212. The van der Waals surface area contributed by atoms with Crippen LogP contribution < -0.4 is 9.64 Å². The van der Waals surface area contributed by atoms with Gasteiger partial charge in [0.2, 0.25) is 0 Å². The molecule has 0 atom stereocenters. The van der Waals surface area contributed by atoms with E-state index in [9.17, 15) is 0 Å². The van der Waals surface area contributed by atoms with E-state index < -0.39 is 0 Å². The molecular formula is C22H25BrN2O. The van der Waals surface area contributed by atoms with E-state index in [2.05, 4.69) is 84.8 Å². The summed E-state index contributed by atoms with van der Waals surface area (Å²) in [5.41, 5.74) is 6.74. The maximum absolute atomic E-state index is 5.65. The minimum Gasteiger partial charge on any atom is -0.496 e. The number of aryl methyl sites for hydroxylation is 1. The van der Waals surface area contributed by atoms with Crippen molar-refractivity contribution in [3.63, 3.8) is 0 Å². The molecule has 0 spiro atoms. The van der Waals surface area contributed by atoms with E-state index in [4.69, 9.17) is 4.74 Å². The van der Waals surface area contributed by atoms with E-state index in [1.807, 2.05) is 18.3 Å². The fourth-order valence-electron chi connectivity index (χ4n) is 3.32. The highest BCUT2D eigenvalue weighted by Crippen LogP contribution is 2.41. The van der Waals surface area contributed by atoms with Crippen LogP contribution in [0.4, 0.5) is 11.4 Å². The monoisotopic (exact) mass is 412 g/mol. The molecule has 0 N–H and O–H groups in total. The van der Waals surface area contributed by atoms with Crippen molar-refractivity contribution >= 4 is 39.1 Å². The highest BCUT2D eigenvalue weighted by Gasteiger charge is 2.29. The number of anilines is 1. The molecule has 0 unspecified atom stereocenters. The number of hydrogen-bond acceptors (Lipinski definition) is 3. The summed E-state index contributed by atoms with van der Waals surface area (Å²) >= 11 is 3.53. The quantitative estimate of drug-likeness (QED) is 0.564. The average molecular weight is 413 g/mol. The zero-order valence-electron chi connectivity index (χ0n) is 16.2. The summed E-state index contributed by atoms with van der Waals surface area (Å²) < 4.78 is 6.74. The van der Waals surface area contributed by atoms with Crippen LogP contribution in [0.2, 0.25) is 0 Å². The molecule has 3 rings (SSSR count). The molecule has 26 heavy (non-hydrogen) atoms. The fraction of sp³-hybridized carbons (Fsp3) is 0.318. The Labute approximate surface area is 164 Å². The minimum atomic E-state index is -0.0212. The van der Waals surface area contributed by atoms with Crippen LogP contribution in [0.3, 0.4) is 0 Å². The first-order valence-electron chi connectivity index (χ1n) is 8.69. The highest BCUT2D eigenvalue weighted by molar-refractivity contribution is 9.10. The van der Waals surface area contributed by atoms with Gasteiger partial charge >= 0.3 is 0 Å². The Morgan fingerprint density at radius 1 is 1.15 bits per heavy atom. The molecule has 0 saturated heterocycles. The van der Waals surface area contributed by atoms with E-state index in [-0.39, 0.29) is 5.54 Å². The molecule has 0 aromatic heterocycles. The summed E-state index contributed by atoms with van der Waals surface area (Å²) in [7, 11) is 3.83. The van der Waals surface area contributed by atoms with Crippen molar-refractivity contribution in [2.75, 3.05) is 19.1 Å². The molecule has 0 radical (unpaired) electrons. The average Bonchev–Trinajstić information content (AvgIpc) is 2.60. The Hall–Kier alpha value is -2.07. The topological polar surface area (TPSA) is 24.8 Å². The number of methoxy groups -OCH3 is 1. The zero-order chi connectivity index (χ0) is 19.1. The Bertz CT molecular complexity index is 913. The van der Waals surface area contributed by atoms with Gasteiger partial charge < -0.3 is 9.64 Å². The van der Waals surface area contributed by atoms with Gasteiger partial charge in [0.1, 0.15) is 5.75 Å². The fourth-order valence-corrected chi connectivity index (χ4v) is 3.57. The maximum atomic E-state index is 5.65. The number of ether oxygens (including phenoxy) is 1. The maximum Gasteiger partial charge on any atom is 0.129 e. The lowest BCUT2D eigenvalue weighted by atomic mass is 9.88. The van der Waals surface area contributed by atoms with Gasteiger partial charge in [0.15, 0.2) is 0 Å². The zero-order valence-corrected chi connectivity index (χ0v) is 17.8. The van der Waals surface area contributed by atoms with Gasteiger partial charge in [-0.2, -0.15) is 0 Å². The summed E-state index contributed by atoms with van der Waals surface area (Å²) in [5.74, 6) is 0.832. The molecule has 1 aliphatic rings. The molecule has 3 nitrogen and oxygen atoms in total. The number of fused-ring (bicyclic) bond motifs is 1. The molecule has 136 valence electrons. The van der Waals surface area contributed by atoms with E-state index >= 15 is 0 Å². The number of hydrogen-bond donors (Lipinski definition) is 0. The van der Waals surface area contributed by atoms with E-state index in [1.54, 1.807) is 7.11 Å². The second-order valence-electron chi connectivity index (χ2n) is 7.34. The van der Waals surface area contributed by atoms with E-state index in [0.29, 0.717) is 0 Å². The summed E-state index contributed by atoms with van der Waals surface area (Å²) in [6.45, 7) is 8.67. The third-order valence-corrected chi connectivity index (χ3v) is 5.95. The van der Waals surface area contributed by atoms with Gasteiger partial charge in [-0.25, -0.2) is 0 Å². The van der Waals surface area contributed by atoms with Crippen molar-refractivity contribution in [1.29, 1.82) is 0 Å². The normalized spacial score (nSPS) is 15.8. The predicted octanol–water partition coefficient (Wildman–Crippen LogP) is 6.15. The standard InChI is InChI=1S/C22H25BrN2O/c1-14-9-17(7-8-19(14)23)24-13-16-10-18-15(2)12-22(3,4)25(5)20(18)11-21(16)26-6/h7-13H,1-6H3. The molecule has 4 heteroatoms. The molecule has 2 aromatic rings. The molecule has 0 fully saturated rings. The summed E-state index contributed by atoms with van der Waals surface area (Å²) in [6, 6.07) is 10.4. The highest BCUT2D eigenvalue weighted by atomic mass is 79.9. The van der Waals surface area contributed by atoms with Crippen molar-refractivity contribution in [2.24, 2.45) is 4.99 Å². The van der Waals surface area contributed by atoms with Crippen LogP contribution in [0, 0.1) is 6.92 Å². The van der Waals surface area contributed by atoms with Crippen molar-refractivity contribution in [3.05, 3.63) is 57.6 Å². The van der Waals surface area contributed by atoms with Gasteiger partial charge in [-0.1, -0.05) is 22.0 Å². The van der Waals surface area contributed by atoms with Crippen LogP contribution in [0.25, 0.3) is 5.57 Å². The Morgan fingerprint density at radius 2 is 1.88 bits per heavy atom.